The molecule has 1 aromatic carbocycles. The maximum atomic E-state index is 11.6. The third kappa shape index (κ3) is 5.00. The first-order valence-corrected chi connectivity index (χ1v) is 6.18. The summed E-state index contributed by atoms with van der Waals surface area (Å²) in [6, 6.07) is 8.48. The predicted molar refractivity (Wildman–Crippen MR) is 70.8 cm³/mol. The van der Waals surface area contributed by atoms with Crippen molar-refractivity contribution in [2.45, 2.75) is 39.8 Å². The van der Waals surface area contributed by atoms with Gasteiger partial charge in [0.25, 0.3) is 0 Å². The van der Waals surface area contributed by atoms with Gasteiger partial charge in [-0.25, -0.2) is 0 Å². The van der Waals surface area contributed by atoms with Crippen LogP contribution in [0.1, 0.15) is 31.4 Å². The van der Waals surface area contributed by atoms with E-state index in [-0.39, 0.29) is 5.91 Å². The molecule has 3 heteroatoms. The average Bonchev–Trinajstić information content (AvgIpc) is 2.35. The van der Waals surface area contributed by atoms with E-state index in [1.807, 2.05) is 18.2 Å². The van der Waals surface area contributed by atoms with Crippen LogP contribution in [-0.2, 0) is 11.3 Å². The van der Waals surface area contributed by atoms with Crippen molar-refractivity contribution in [1.82, 2.24) is 10.6 Å². The van der Waals surface area contributed by atoms with E-state index in [0.29, 0.717) is 19.1 Å². The molecule has 1 rings (SSSR count). The highest BCUT2D eigenvalue weighted by Crippen LogP contribution is 2.05. The standard InChI is InChI=1S/C14H22N2O/c1-4-12(3)15-10-14(17)16-9-13-8-6-5-7-11(13)2/h5-8,12,15H,4,9-10H2,1-3H3,(H,16,17). The van der Waals surface area contributed by atoms with Crippen LogP contribution >= 0.6 is 0 Å². The van der Waals surface area contributed by atoms with E-state index in [9.17, 15) is 4.79 Å². The average molecular weight is 234 g/mol. The molecule has 0 aliphatic rings. The zero-order valence-electron chi connectivity index (χ0n) is 10.9. The SMILES string of the molecule is CCC(C)NCC(=O)NCc1ccccc1C. The lowest BCUT2D eigenvalue weighted by Gasteiger charge is -2.12. The van der Waals surface area contributed by atoms with E-state index < -0.39 is 0 Å². The van der Waals surface area contributed by atoms with Crippen LogP contribution < -0.4 is 10.6 Å². The van der Waals surface area contributed by atoms with Gasteiger partial charge < -0.3 is 10.6 Å². The molecule has 0 heterocycles. The summed E-state index contributed by atoms with van der Waals surface area (Å²) in [4.78, 5) is 11.6. The van der Waals surface area contributed by atoms with Gasteiger partial charge in [-0.1, -0.05) is 31.2 Å². The number of aryl methyl sites for hydroxylation is 1. The maximum Gasteiger partial charge on any atom is 0.234 e. The summed E-state index contributed by atoms with van der Waals surface area (Å²) in [6.45, 7) is 7.23. The van der Waals surface area contributed by atoms with Crippen molar-refractivity contribution in [2.24, 2.45) is 0 Å². The van der Waals surface area contributed by atoms with Crippen molar-refractivity contribution in [3.63, 3.8) is 0 Å². The first-order valence-electron chi connectivity index (χ1n) is 6.18. The Morgan fingerprint density at radius 2 is 2.06 bits per heavy atom. The molecule has 1 unspecified atom stereocenters. The fourth-order valence-electron chi connectivity index (χ4n) is 1.48. The molecule has 0 aliphatic heterocycles. The van der Waals surface area contributed by atoms with Crippen LogP contribution in [0.15, 0.2) is 24.3 Å². The number of amides is 1. The van der Waals surface area contributed by atoms with Gasteiger partial charge in [0.2, 0.25) is 5.91 Å². The molecule has 0 saturated heterocycles. The van der Waals surface area contributed by atoms with Crippen LogP contribution in [0.3, 0.4) is 0 Å². The first kappa shape index (κ1) is 13.7. The molecule has 1 atom stereocenters. The summed E-state index contributed by atoms with van der Waals surface area (Å²) in [6.07, 6.45) is 1.03. The van der Waals surface area contributed by atoms with Crippen molar-refractivity contribution in [1.29, 1.82) is 0 Å². The topological polar surface area (TPSA) is 41.1 Å². The number of carbonyl (C=O) groups is 1. The number of benzene rings is 1. The van der Waals surface area contributed by atoms with E-state index in [1.54, 1.807) is 0 Å². The Morgan fingerprint density at radius 3 is 2.71 bits per heavy atom. The number of rotatable bonds is 6. The molecule has 17 heavy (non-hydrogen) atoms. The summed E-state index contributed by atoms with van der Waals surface area (Å²) in [5.74, 6) is 0.0496. The second kappa shape index (κ2) is 7.07. The van der Waals surface area contributed by atoms with E-state index in [0.717, 1.165) is 6.42 Å². The Morgan fingerprint density at radius 1 is 1.35 bits per heavy atom. The van der Waals surface area contributed by atoms with Crippen molar-refractivity contribution >= 4 is 5.91 Å². The molecule has 2 N–H and O–H groups in total. The van der Waals surface area contributed by atoms with E-state index in [2.05, 4.69) is 37.5 Å². The highest BCUT2D eigenvalue weighted by Gasteiger charge is 2.04. The van der Waals surface area contributed by atoms with Gasteiger partial charge in [0.1, 0.15) is 0 Å². The fraction of sp³-hybridized carbons (Fsp3) is 0.500. The largest absolute Gasteiger partial charge is 0.351 e. The van der Waals surface area contributed by atoms with Crippen molar-refractivity contribution in [2.75, 3.05) is 6.54 Å². The lowest BCUT2D eigenvalue weighted by Crippen LogP contribution is -2.37. The Kier molecular flexibility index (Phi) is 5.70. The summed E-state index contributed by atoms with van der Waals surface area (Å²) >= 11 is 0. The maximum absolute atomic E-state index is 11.6. The molecule has 0 radical (unpaired) electrons. The zero-order valence-corrected chi connectivity index (χ0v) is 10.9. The minimum atomic E-state index is 0.0496. The van der Waals surface area contributed by atoms with Gasteiger partial charge in [-0.3, -0.25) is 4.79 Å². The number of hydrogen-bond acceptors (Lipinski definition) is 2. The summed E-state index contributed by atoms with van der Waals surface area (Å²) in [5.41, 5.74) is 2.38. The molecule has 0 bridgehead atoms. The summed E-state index contributed by atoms with van der Waals surface area (Å²) in [5, 5.41) is 6.09. The second-order valence-electron chi connectivity index (χ2n) is 4.39. The summed E-state index contributed by atoms with van der Waals surface area (Å²) in [7, 11) is 0. The Bertz CT molecular complexity index is 363. The van der Waals surface area contributed by atoms with E-state index >= 15 is 0 Å². The fourth-order valence-corrected chi connectivity index (χ4v) is 1.48. The number of carbonyl (C=O) groups excluding carboxylic acids is 1. The quantitative estimate of drug-likeness (QED) is 0.790. The molecule has 0 spiro atoms. The highest BCUT2D eigenvalue weighted by molar-refractivity contribution is 5.78. The second-order valence-corrected chi connectivity index (χ2v) is 4.39. The monoisotopic (exact) mass is 234 g/mol. The Balaban J connectivity index is 2.31. The summed E-state index contributed by atoms with van der Waals surface area (Å²) < 4.78 is 0. The molecule has 3 nitrogen and oxygen atoms in total. The molecule has 0 fully saturated rings. The normalized spacial score (nSPS) is 12.2. The van der Waals surface area contributed by atoms with Crippen LogP contribution in [-0.4, -0.2) is 18.5 Å². The molecular weight excluding hydrogens is 212 g/mol. The molecule has 94 valence electrons. The lowest BCUT2D eigenvalue weighted by molar-refractivity contribution is -0.120. The number of nitrogens with one attached hydrogen (secondary N) is 2. The van der Waals surface area contributed by atoms with Gasteiger partial charge in [-0.05, 0) is 31.4 Å². The van der Waals surface area contributed by atoms with E-state index in [4.69, 9.17) is 0 Å². The minimum Gasteiger partial charge on any atom is -0.351 e. The van der Waals surface area contributed by atoms with Crippen LogP contribution in [0.2, 0.25) is 0 Å². The molecule has 0 saturated carbocycles. The van der Waals surface area contributed by atoms with Gasteiger partial charge in [0.15, 0.2) is 0 Å². The van der Waals surface area contributed by atoms with Crippen molar-refractivity contribution in [3.05, 3.63) is 35.4 Å². The van der Waals surface area contributed by atoms with Crippen LogP contribution in [0.5, 0.6) is 0 Å². The molecule has 1 aromatic rings. The van der Waals surface area contributed by atoms with Gasteiger partial charge in [0.05, 0.1) is 6.54 Å². The van der Waals surface area contributed by atoms with Crippen molar-refractivity contribution < 1.29 is 4.79 Å². The highest BCUT2D eigenvalue weighted by atomic mass is 16.1. The number of hydrogen-bond donors (Lipinski definition) is 2. The van der Waals surface area contributed by atoms with Gasteiger partial charge >= 0.3 is 0 Å². The molecule has 1 amide bonds. The van der Waals surface area contributed by atoms with Crippen molar-refractivity contribution in [3.8, 4) is 0 Å². The molecule has 0 aliphatic carbocycles. The Hall–Kier alpha value is -1.35. The zero-order chi connectivity index (χ0) is 12.7. The van der Waals surface area contributed by atoms with Crippen LogP contribution in [0, 0.1) is 6.92 Å². The van der Waals surface area contributed by atoms with Gasteiger partial charge in [0, 0.05) is 12.6 Å². The van der Waals surface area contributed by atoms with Crippen LogP contribution in [0.4, 0.5) is 0 Å². The van der Waals surface area contributed by atoms with Gasteiger partial charge in [-0.2, -0.15) is 0 Å². The third-order valence-electron chi connectivity index (χ3n) is 2.96. The Labute approximate surface area is 104 Å². The first-order chi connectivity index (χ1) is 8.13. The van der Waals surface area contributed by atoms with E-state index in [1.165, 1.54) is 11.1 Å². The van der Waals surface area contributed by atoms with Gasteiger partial charge in [-0.15, -0.1) is 0 Å². The minimum absolute atomic E-state index is 0.0496. The smallest absolute Gasteiger partial charge is 0.234 e. The van der Waals surface area contributed by atoms with Crippen LogP contribution in [0.25, 0.3) is 0 Å². The third-order valence-corrected chi connectivity index (χ3v) is 2.96. The lowest BCUT2D eigenvalue weighted by atomic mass is 10.1. The molecular formula is C14H22N2O. The molecule has 0 aromatic heterocycles. The predicted octanol–water partition coefficient (Wildman–Crippen LogP) is 2.00.